The number of hydrogen-bond acceptors (Lipinski definition) is 4. The van der Waals surface area contributed by atoms with Crippen molar-refractivity contribution in [3.05, 3.63) is 66.1 Å². The molecular formula is C21H27N5. The van der Waals surface area contributed by atoms with E-state index in [1.54, 1.807) is 0 Å². The molecule has 1 N–H and O–H groups in total. The van der Waals surface area contributed by atoms with E-state index in [0.717, 1.165) is 37.5 Å². The molecule has 0 radical (unpaired) electrons. The highest BCUT2D eigenvalue weighted by Crippen LogP contribution is 2.30. The van der Waals surface area contributed by atoms with Crippen molar-refractivity contribution in [2.75, 3.05) is 13.1 Å². The Kier molecular flexibility index (Phi) is 4.74. The maximum absolute atomic E-state index is 4.32. The predicted molar refractivity (Wildman–Crippen MR) is 104 cm³/mol. The minimum atomic E-state index is 0.217. The van der Waals surface area contributed by atoms with E-state index in [1.165, 1.54) is 12.0 Å². The van der Waals surface area contributed by atoms with E-state index in [2.05, 4.69) is 69.0 Å². The number of pyridine rings is 1. The lowest BCUT2D eigenvalue weighted by Gasteiger charge is -2.31. The first-order chi connectivity index (χ1) is 12.6. The quantitative estimate of drug-likeness (QED) is 0.743. The maximum atomic E-state index is 4.32. The Balaban J connectivity index is 1.33. The zero-order valence-corrected chi connectivity index (χ0v) is 15.6. The molecule has 3 aromatic rings. The normalized spacial score (nSPS) is 20.0. The standard InChI is InChI=1S/C21H27N5/c1-21(2)14-18(16-25(21)15-17-8-4-3-5-9-17)22-12-11-20-24-23-19-10-6-7-13-26(19)20/h3-10,13,18,22H,11-12,14-16H2,1-2H3/t18-/m1/s1. The van der Waals surface area contributed by atoms with Crippen LogP contribution >= 0.6 is 0 Å². The molecule has 1 atom stereocenters. The SMILES string of the molecule is CC1(C)C[C@@H](NCCc2nnc3ccccn23)CN1Cc1ccccc1. The van der Waals surface area contributed by atoms with E-state index < -0.39 is 0 Å². The van der Waals surface area contributed by atoms with E-state index >= 15 is 0 Å². The molecule has 0 saturated carbocycles. The predicted octanol–water partition coefficient (Wildman–Crippen LogP) is 2.91. The summed E-state index contributed by atoms with van der Waals surface area (Å²) in [6.07, 6.45) is 4.09. The molecule has 5 heteroatoms. The Hall–Kier alpha value is -2.24. The highest BCUT2D eigenvalue weighted by Gasteiger charge is 2.37. The molecule has 0 bridgehead atoms. The Labute approximate surface area is 155 Å². The van der Waals surface area contributed by atoms with E-state index in [-0.39, 0.29) is 5.54 Å². The first-order valence-corrected chi connectivity index (χ1v) is 9.43. The number of nitrogens with zero attached hydrogens (tertiary/aromatic N) is 4. The minimum absolute atomic E-state index is 0.217. The number of likely N-dealkylation sites (tertiary alicyclic amines) is 1. The number of hydrogen-bond donors (Lipinski definition) is 1. The van der Waals surface area contributed by atoms with Crippen LogP contribution in [0.25, 0.3) is 5.65 Å². The van der Waals surface area contributed by atoms with Crippen molar-refractivity contribution in [1.82, 2.24) is 24.8 Å². The third-order valence-electron chi connectivity index (χ3n) is 5.42. The highest BCUT2D eigenvalue weighted by molar-refractivity contribution is 5.37. The van der Waals surface area contributed by atoms with Gasteiger partial charge in [-0.3, -0.25) is 9.30 Å². The van der Waals surface area contributed by atoms with Gasteiger partial charge in [-0.25, -0.2) is 0 Å². The van der Waals surface area contributed by atoms with Crippen LogP contribution in [0.5, 0.6) is 0 Å². The van der Waals surface area contributed by atoms with Gasteiger partial charge in [0.2, 0.25) is 0 Å². The second-order valence-corrected chi connectivity index (χ2v) is 7.83. The lowest BCUT2D eigenvalue weighted by molar-refractivity contribution is 0.166. The highest BCUT2D eigenvalue weighted by atomic mass is 15.3. The van der Waals surface area contributed by atoms with Gasteiger partial charge >= 0.3 is 0 Å². The average Bonchev–Trinajstić information content (AvgIpc) is 3.17. The van der Waals surface area contributed by atoms with Gasteiger partial charge in [0.15, 0.2) is 5.65 Å². The van der Waals surface area contributed by atoms with Crippen molar-refractivity contribution in [2.24, 2.45) is 0 Å². The molecule has 1 aromatic carbocycles. The van der Waals surface area contributed by atoms with Crippen LogP contribution in [0.1, 0.15) is 31.7 Å². The molecule has 0 spiro atoms. The van der Waals surface area contributed by atoms with Gasteiger partial charge in [-0.05, 0) is 38.0 Å². The minimum Gasteiger partial charge on any atom is -0.312 e. The topological polar surface area (TPSA) is 45.5 Å². The van der Waals surface area contributed by atoms with Gasteiger partial charge in [0, 0.05) is 43.8 Å². The molecule has 1 aliphatic rings. The van der Waals surface area contributed by atoms with Crippen molar-refractivity contribution < 1.29 is 0 Å². The molecule has 4 rings (SSSR count). The Morgan fingerprint density at radius 1 is 1.08 bits per heavy atom. The second kappa shape index (κ2) is 7.17. The van der Waals surface area contributed by atoms with E-state index in [4.69, 9.17) is 0 Å². The number of benzene rings is 1. The fourth-order valence-corrected chi connectivity index (χ4v) is 3.98. The number of rotatable bonds is 6. The molecule has 0 amide bonds. The summed E-state index contributed by atoms with van der Waals surface area (Å²) in [4.78, 5) is 2.59. The first kappa shape index (κ1) is 17.2. The van der Waals surface area contributed by atoms with Crippen LogP contribution in [0, 0.1) is 0 Å². The van der Waals surface area contributed by atoms with Gasteiger partial charge in [0.05, 0.1) is 0 Å². The van der Waals surface area contributed by atoms with Gasteiger partial charge in [0.25, 0.3) is 0 Å². The fourth-order valence-electron chi connectivity index (χ4n) is 3.98. The third kappa shape index (κ3) is 3.64. The smallest absolute Gasteiger partial charge is 0.160 e. The Morgan fingerprint density at radius 3 is 2.73 bits per heavy atom. The van der Waals surface area contributed by atoms with Gasteiger partial charge < -0.3 is 5.32 Å². The van der Waals surface area contributed by atoms with E-state index in [0.29, 0.717) is 6.04 Å². The zero-order valence-electron chi connectivity index (χ0n) is 15.6. The Bertz CT molecular complexity index is 855. The summed E-state index contributed by atoms with van der Waals surface area (Å²) in [5.41, 5.74) is 2.52. The average molecular weight is 349 g/mol. The van der Waals surface area contributed by atoms with Gasteiger partial charge in [-0.15, -0.1) is 10.2 Å². The van der Waals surface area contributed by atoms with Crippen molar-refractivity contribution in [3.63, 3.8) is 0 Å². The van der Waals surface area contributed by atoms with Crippen molar-refractivity contribution in [3.8, 4) is 0 Å². The van der Waals surface area contributed by atoms with Crippen LogP contribution in [-0.4, -0.2) is 44.2 Å². The molecule has 1 aliphatic heterocycles. The molecular weight excluding hydrogens is 322 g/mol. The van der Waals surface area contributed by atoms with Crippen LogP contribution in [-0.2, 0) is 13.0 Å². The summed E-state index contributed by atoms with van der Waals surface area (Å²) in [5, 5.41) is 12.3. The van der Waals surface area contributed by atoms with Crippen LogP contribution < -0.4 is 5.32 Å². The fraction of sp³-hybridized carbons (Fsp3) is 0.429. The number of nitrogens with one attached hydrogen (secondary N) is 1. The van der Waals surface area contributed by atoms with Crippen molar-refractivity contribution >= 4 is 5.65 Å². The molecule has 1 fully saturated rings. The number of aromatic nitrogens is 3. The summed E-state index contributed by atoms with van der Waals surface area (Å²) < 4.78 is 2.07. The van der Waals surface area contributed by atoms with E-state index in [1.807, 2.05) is 24.4 Å². The first-order valence-electron chi connectivity index (χ1n) is 9.43. The maximum Gasteiger partial charge on any atom is 0.160 e. The van der Waals surface area contributed by atoms with Gasteiger partial charge in [-0.1, -0.05) is 36.4 Å². The van der Waals surface area contributed by atoms with Gasteiger partial charge in [-0.2, -0.15) is 0 Å². The molecule has 2 aromatic heterocycles. The monoisotopic (exact) mass is 349 g/mol. The van der Waals surface area contributed by atoms with Gasteiger partial charge in [0.1, 0.15) is 5.82 Å². The molecule has 5 nitrogen and oxygen atoms in total. The summed E-state index contributed by atoms with van der Waals surface area (Å²) >= 11 is 0. The molecule has 3 heterocycles. The summed E-state index contributed by atoms with van der Waals surface area (Å²) in [7, 11) is 0. The molecule has 1 saturated heterocycles. The van der Waals surface area contributed by atoms with Crippen molar-refractivity contribution in [2.45, 2.75) is 44.8 Å². The number of fused-ring (bicyclic) bond motifs is 1. The van der Waals surface area contributed by atoms with Crippen LogP contribution in [0.3, 0.4) is 0 Å². The van der Waals surface area contributed by atoms with E-state index in [9.17, 15) is 0 Å². The van der Waals surface area contributed by atoms with Crippen LogP contribution in [0.2, 0.25) is 0 Å². The molecule has 26 heavy (non-hydrogen) atoms. The molecule has 136 valence electrons. The van der Waals surface area contributed by atoms with Crippen LogP contribution in [0.15, 0.2) is 54.7 Å². The molecule has 0 aliphatic carbocycles. The Morgan fingerprint density at radius 2 is 1.88 bits per heavy atom. The van der Waals surface area contributed by atoms with Crippen LogP contribution in [0.4, 0.5) is 0 Å². The zero-order chi connectivity index (χ0) is 18.0. The summed E-state index contributed by atoms with van der Waals surface area (Å²) in [6, 6.07) is 17.3. The second-order valence-electron chi connectivity index (χ2n) is 7.83. The summed E-state index contributed by atoms with van der Waals surface area (Å²) in [5.74, 6) is 1.02. The lowest BCUT2D eigenvalue weighted by atomic mass is 9.99. The summed E-state index contributed by atoms with van der Waals surface area (Å²) in [6.45, 7) is 7.73. The lowest BCUT2D eigenvalue weighted by Crippen LogP contribution is -2.37. The van der Waals surface area contributed by atoms with Crippen molar-refractivity contribution in [1.29, 1.82) is 0 Å². The third-order valence-corrected chi connectivity index (χ3v) is 5.42. The molecule has 0 unspecified atom stereocenters. The largest absolute Gasteiger partial charge is 0.312 e.